The topological polar surface area (TPSA) is 80.8 Å². The molecule has 152 valence electrons. The van der Waals surface area contributed by atoms with Crippen LogP contribution in [0.25, 0.3) is 0 Å². The van der Waals surface area contributed by atoms with Gasteiger partial charge >= 0.3 is 5.97 Å². The number of benzene rings is 2. The van der Waals surface area contributed by atoms with Crippen molar-refractivity contribution < 1.29 is 22.7 Å². The van der Waals surface area contributed by atoms with E-state index in [0.717, 1.165) is 9.87 Å². The highest BCUT2D eigenvalue weighted by Gasteiger charge is 2.56. The molecule has 2 aromatic rings. The van der Waals surface area contributed by atoms with Gasteiger partial charge in [-0.15, -0.1) is 6.58 Å². The number of ether oxygens (including phenoxy) is 1. The summed E-state index contributed by atoms with van der Waals surface area (Å²) in [7, 11) is -4.18. The molecular formula is C22H23NO5S. The van der Waals surface area contributed by atoms with Crippen LogP contribution in [0.15, 0.2) is 72.1 Å². The van der Waals surface area contributed by atoms with E-state index in [-0.39, 0.29) is 11.5 Å². The predicted molar refractivity (Wildman–Crippen MR) is 109 cm³/mol. The first-order valence-electron chi connectivity index (χ1n) is 9.32. The third-order valence-electron chi connectivity index (χ3n) is 5.03. The van der Waals surface area contributed by atoms with Crippen molar-refractivity contribution in [3.8, 4) is 0 Å². The zero-order valence-corrected chi connectivity index (χ0v) is 17.1. The fraction of sp³-hybridized carbons (Fsp3) is 0.273. The molecule has 0 N–H and O–H groups in total. The monoisotopic (exact) mass is 413 g/mol. The van der Waals surface area contributed by atoms with E-state index in [1.165, 1.54) is 18.2 Å². The van der Waals surface area contributed by atoms with E-state index < -0.39 is 39.8 Å². The van der Waals surface area contributed by atoms with Gasteiger partial charge < -0.3 is 4.74 Å². The maximum Gasteiger partial charge on any atom is 0.319 e. The molecular weight excluding hydrogens is 390 g/mol. The van der Waals surface area contributed by atoms with Crippen LogP contribution in [-0.2, 0) is 24.3 Å². The van der Waals surface area contributed by atoms with Crippen LogP contribution in [0.1, 0.15) is 24.0 Å². The standard InChI is InChI=1S/C22H23NO5S/c1-4-18-19(16-9-7-6-8-10-16)20(22(25)28-5-2)21(24)23(18)29(26,27)17-13-11-15(3)12-14-17/h4,6-14,18-20H,1,5H2,2-3H3/t18-,19+,20-/m0/s1. The predicted octanol–water partition coefficient (Wildman–Crippen LogP) is 3.04. The molecule has 0 aromatic heterocycles. The molecule has 3 atom stereocenters. The van der Waals surface area contributed by atoms with E-state index in [1.54, 1.807) is 43.3 Å². The molecule has 0 spiro atoms. The van der Waals surface area contributed by atoms with Gasteiger partial charge in [-0.3, -0.25) is 9.59 Å². The molecule has 6 nitrogen and oxygen atoms in total. The third-order valence-corrected chi connectivity index (χ3v) is 6.83. The van der Waals surface area contributed by atoms with Crippen molar-refractivity contribution in [2.24, 2.45) is 5.92 Å². The van der Waals surface area contributed by atoms with Gasteiger partial charge in [-0.1, -0.05) is 54.1 Å². The quantitative estimate of drug-likeness (QED) is 0.413. The number of carbonyl (C=O) groups excluding carboxylic acids is 2. The van der Waals surface area contributed by atoms with Gasteiger partial charge in [0.2, 0.25) is 0 Å². The van der Waals surface area contributed by atoms with E-state index in [2.05, 4.69) is 6.58 Å². The van der Waals surface area contributed by atoms with Crippen LogP contribution in [0.2, 0.25) is 0 Å². The minimum atomic E-state index is -4.18. The normalized spacial score (nSPS) is 21.8. The molecule has 0 saturated carbocycles. The van der Waals surface area contributed by atoms with Gasteiger partial charge in [-0.2, -0.15) is 0 Å². The largest absolute Gasteiger partial charge is 0.465 e. The second-order valence-electron chi connectivity index (χ2n) is 6.84. The van der Waals surface area contributed by atoms with Gasteiger partial charge in [-0.25, -0.2) is 12.7 Å². The maximum absolute atomic E-state index is 13.3. The molecule has 29 heavy (non-hydrogen) atoms. The van der Waals surface area contributed by atoms with Crippen molar-refractivity contribution in [3.63, 3.8) is 0 Å². The Labute approximate surface area is 170 Å². The minimum absolute atomic E-state index is 0.0142. The molecule has 1 aliphatic heterocycles. The number of amides is 1. The Bertz CT molecular complexity index is 1010. The summed E-state index contributed by atoms with van der Waals surface area (Å²) in [6, 6.07) is 14.2. The molecule has 1 amide bonds. The zero-order valence-electron chi connectivity index (χ0n) is 16.3. The average molecular weight is 413 g/mol. The Kier molecular flexibility index (Phi) is 5.88. The van der Waals surface area contributed by atoms with E-state index in [9.17, 15) is 18.0 Å². The zero-order chi connectivity index (χ0) is 21.2. The maximum atomic E-state index is 13.3. The Morgan fingerprint density at radius 1 is 1.14 bits per heavy atom. The summed E-state index contributed by atoms with van der Waals surface area (Å²) in [4.78, 5) is 25.9. The first-order chi connectivity index (χ1) is 13.8. The van der Waals surface area contributed by atoms with Gasteiger partial charge in [0.25, 0.3) is 15.9 Å². The summed E-state index contributed by atoms with van der Waals surface area (Å²) < 4.78 is 32.6. The van der Waals surface area contributed by atoms with Gasteiger partial charge in [0.05, 0.1) is 17.5 Å². The Morgan fingerprint density at radius 2 is 1.76 bits per heavy atom. The van der Waals surface area contributed by atoms with Crippen LogP contribution in [0.5, 0.6) is 0 Å². The second-order valence-corrected chi connectivity index (χ2v) is 8.66. The molecule has 2 aromatic carbocycles. The van der Waals surface area contributed by atoms with Crippen molar-refractivity contribution in [2.45, 2.75) is 30.7 Å². The molecule has 1 saturated heterocycles. The lowest BCUT2D eigenvalue weighted by Gasteiger charge is -2.25. The SMILES string of the molecule is C=C[C@H]1[C@@H](c2ccccc2)[C@H](C(=O)OCC)C(=O)N1S(=O)(=O)c1ccc(C)cc1. The number of carbonyl (C=O) groups is 2. The van der Waals surface area contributed by atoms with Crippen molar-refractivity contribution in [1.29, 1.82) is 0 Å². The summed E-state index contributed by atoms with van der Waals surface area (Å²) in [5.41, 5.74) is 1.56. The van der Waals surface area contributed by atoms with Crippen molar-refractivity contribution in [2.75, 3.05) is 6.61 Å². The smallest absolute Gasteiger partial charge is 0.319 e. The second kappa shape index (κ2) is 8.21. The molecule has 1 heterocycles. The van der Waals surface area contributed by atoms with Crippen LogP contribution >= 0.6 is 0 Å². The van der Waals surface area contributed by atoms with Gasteiger partial charge in [0.1, 0.15) is 5.92 Å². The van der Waals surface area contributed by atoms with Crippen LogP contribution < -0.4 is 0 Å². The molecule has 0 unspecified atom stereocenters. The van der Waals surface area contributed by atoms with Crippen LogP contribution in [0.4, 0.5) is 0 Å². The van der Waals surface area contributed by atoms with Crippen LogP contribution in [-0.4, -0.2) is 37.2 Å². The number of sulfonamides is 1. The summed E-state index contributed by atoms with van der Waals surface area (Å²) in [6.07, 6.45) is 1.40. The Morgan fingerprint density at radius 3 is 2.31 bits per heavy atom. The van der Waals surface area contributed by atoms with E-state index in [4.69, 9.17) is 4.74 Å². The molecule has 3 rings (SSSR count). The van der Waals surface area contributed by atoms with Crippen LogP contribution in [0.3, 0.4) is 0 Å². The van der Waals surface area contributed by atoms with Crippen LogP contribution in [0, 0.1) is 12.8 Å². The number of rotatable bonds is 6. The molecule has 0 aliphatic carbocycles. The first kappa shape index (κ1) is 20.8. The van der Waals surface area contributed by atoms with E-state index in [1.807, 2.05) is 13.0 Å². The number of hydrogen-bond donors (Lipinski definition) is 0. The molecule has 1 aliphatic rings. The number of esters is 1. The lowest BCUT2D eigenvalue weighted by molar-refractivity contribution is -0.152. The first-order valence-corrected chi connectivity index (χ1v) is 10.8. The van der Waals surface area contributed by atoms with E-state index in [0.29, 0.717) is 5.56 Å². The van der Waals surface area contributed by atoms with E-state index >= 15 is 0 Å². The molecule has 1 fully saturated rings. The highest BCUT2D eigenvalue weighted by atomic mass is 32.2. The van der Waals surface area contributed by atoms with Gasteiger partial charge in [0, 0.05) is 5.92 Å². The molecule has 7 heteroatoms. The Balaban J connectivity index is 2.15. The van der Waals surface area contributed by atoms with Crippen molar-refractivity contribution in [3.05, 3.63) is 78.4 Å². The fourth-order valence-corrected chi connectivity index (χ4v) is 5.27. The summed E-state index contributed by atoms with van der Waals surface area (Å²) in [6.45, 7) is 7.32. The lowest BCUT2D eigenvalue weighted by Crippen LogP contribution is -2.39. The highest BCUT2D eigenvalue weighted by molar-refractivity contribution is 7.89. The van der Waals surface area contributed by atoms with Crippen molar-refractivity contribution >= 4 is 21.9 Å². The highest BCUT2D eigenvalue weighted by Crippen LogP contribution is 2.43. The molecule has 0 bridgehead atoms. The van der Waals surface area contributed by atoms with Gasteiger partial charge in [0.15, 0.2) is 0 Å². The Hall–Kier alpha value is -2.93. The minimum Gasteiger partial charge on any atom is -0.465 e. The summed E-state index contributed by atoms with van der Waals surface area (Å²) in [5.74, 6) is -3.52. The number of aryl methyl sites for hydroxylation is 1. The number of nitrogens with zero attached hydrogens (tertiary/aromatic N) is 1. The molecule has 0 radical (unpaired) electrons. The average Bonchev–Trinajstić information content (AvgIpc) is 3.02. The number of hydrogen-bond acceptors (Lipinski definition) is 5. The third kappa shape index (κ3) is 3.70. The van der Waals surface area contributed by atoms with Crippen molar-refractivity contribution in [1.82, 2.24) is 4.31 Å². The fourth-order valence-electron chi connectivity index (χ4n) is 3.67. The van der Waals surface area contributed by atoms with Gasteiger partial charge in [-0.05, 0) is 31.5 Å². The lowest BCUT2D eigenvalue weighted by atomic mass is 9.84. The summed E-state index contributed by atoms with van der Waals surface area (Å²) >= 11 is 0. The summed E-state index contributed by atoms with van der Waals surface area (Å²) in [5, 5.41) is 0.